The van der Waals surface area contributed by atoms with Gasteiger partial charge in [-0.15, -0.1) is 0 Å². The number of hydrogen-bond acceptors (Lipinski definition) is 3. The Labute approximate surface area is 176 Å². The molecule has 1 fully saturated rings. The SMILES string of the molecule is O=C(Nc1ccccc1)Nc1ccc(C(=O)NCCNC(=O)C2CCCCC2)cc1. The third-order valence-electron chi connectivity index (χ3n) is 5.12. The molecule has 2 aromatic carbocycles. The van der Waals surface area contributed by atoms with Crippen molar-refractivity contribution in [3.63, 3.8) is 0 Å². The zero-order valence-corrected chi connectivity index (χ0v) is 16.9. The number of nitrogens with one attached hydrogen (secondary N) is 4. The van der Waals surface area contributed by atoms with E-state index in [9.17, 15) is 14.4 Å². The molecule has 4 N–H and O–H groups in total. The maximum absolute atomic E-state index is 12.2. The minimum Gasteiger partial charge on any atom is -0.354 e. The fraction of sp³-hybridized carbons (Fsp3) is 0.348. The van der Waals surface area contributed by atoms with E-state index in [4.69, 9.17) is 0 Å². The maximum atomic E-state index is 12.2. The highest BCUT2D eigenvalue weighted by atomic mass is 16.2. The second kappa shape index (κ2) is 11.0. The minimum absolute atomic E-state index is 0.0909. The molecule has 0 aliphatic heterocycles. The molecule has 7 nitrogen and oxygen atoms in total. The number of urea groups is 1. The Morgan fingerprint density at radius 2 is 1.33 bits per heavy atom. The monoisotopic (exact) mass is 408 g/mol. The lowest BCUT2D eigenvalue weighted by molar-refractivity contribution is -0.125. The maximum Gasteiger partial charge on any atom is 0.323 e. The minimum atomic E-state index is -0.355. The van der Waals surface area contributed by atoms with Crippen molar-refractivity contribution in [1.82, 2.24) is 10.6 Å². The number of hydrogen-bond donors (Lipinski definition) is 4. The lowest BCUT2D eigenvalue weighted by Crippen LogP contribution is -2.38. The molecule has 0 radical (unpaired) electrons. The third-order valence-corrected chi connectivity index (χ3v) is 5.12. The van der Waals surface area contributed by atoms with Gasteiger partial charge < -0.3 is 21.3 Å². The highest BCUT2D eigenvalue weighted by Crippen LogP contribution is 2.23. The van der Waals surface area contributed by atoms with Crippen LogP contribution in [0.4, 0.5) is 16.2 Å². The molecule has 1 saturated carbocycles. The van der Waals surface area contributed by atoms with Gasteiger partial charge in [0.15, 0.2) is 0 Å². The molecular weight excluding hydrogens is 380 g/mol. The average molecular weight is 409 g/mol. The van der Waals surface area contributed by atoms with E-state index in [1.807, 2.05) is 18.2 Å². The Morgan fingerprint density at radius 1 is 0.733 bits per heavy atom. The number of para-hydroxylation sites is 1. The first-order valence-corrected chi connectivity index (χ1v) is 10.4. The van der Waals surface area contributed by atoms with Crippen molar-refractivity contribution in [2.45, 2.75) is 32.1 Å². The number of benzene rings is 2. The molecule has 30 heavy (non-hydrogen) atoms. The van der Waals surface area contributed by atoms with Crippen molar-refractivity contribution < 1.29 is 14.4 Å². The number of anilines is 2. The predicted octanol–water partition coefficient (Wildman–Crippen LogP) is 3.76. The van der Waals surface area contributed by atoms with E-state index in [2.05, 4.69) is 21.3 Å². The van der Waals surface area contributed by atoms with Crippen LogP contribution in [0.3, 0.4) is 0 Å². The second-order valence-electron chi connectivity index (χ2n) is 7.40. The largest absolute Gasteiger partial charge is 0.354 e. The zero-order valence-electron chi connectivity index (χ0n) is 16.9. The highest BCUT2D eigenvalue weighted by molar-refractivity contribution is 6.00. The van der Waals surface area contributed by atoms with Gasteiger partial charge in [-0.05, 0) is 49.2 Å². The van der Waals surface area contributed by atoms with E-state index in [0.717, 1.165) is 25.7 Å². The number of carbonyl (C=O) groups excluding carboxylic acids is 3. The van der Waals surface area contributed by atoms with Crippen LogP contribution in [0.25, 0.3) is 0 Å². The molecule has 1 aliphatic rings. The summed E-state index contributed by atoms with van der Waals surface area (Å²) in [6.07, 6.45) is 5.37. The van der Waals surface area contributed by atoms with Gasteiger partial charge in [0.05, 0.1) is 0 Å². The molecule has 0 heterocycles. The molecule has 0 bridgehead atoms. The van der Waals surface area contributed by atoms with Gasteiger partial charge in [-0.25, -0.2) is 4.79 Å². The van der Waals surface area contributed by atoms with Crippen LogP contribution in [0.1, 0.15) is 42.5 Å². The van der Waals surface area contributed by atoms with Gasteiger partial charge in [-0.3, -0.25) is 9.59 Å². The molecule has 3 rings (SSSR count). The van der Waals surface area contributed by atoms with Gasteiger partial charge in [0, 0.05) is 35.9 Å². The summed E-state index contributed by atoms with van der Waals surface area (Å²) in [6.45, 7) is 0.789. The van der Waals surface area contributed by atoms with Crippen molar-refractivity contribution in [1.29, 1.82) is 0 Å². The molecule has 0 saturated heterocycles. The fourth-order valence-electron chi connectivity index (χ4n) is 3.49. The summed E-state index contributed by atoms with van der Waals surface area (Å²) in [5.41, 5.74) is 1.77. The van der Waals surface area contributed by atoms with E-state index >= 15 is 0 Å². The lowest BCUT2D eigenvalue weighted by Gasteiger charge is -2.20. The van der Waals surface area contributed by atoms with Crippen LogP contribution in [-0.2, 0) is 4.79 Å². The molecule has 1 aliphatic carbocycles. The molecule has 0 unspecified atom stereocenters. The van der Waals surface area contributed by atoms with Crippen LogP contribution in [-0.4, -0.2) is 30.9 Å². The highest BCUT2D eigenvalue weighted by Gasteiger charge is 2.20. The van der Waals surface area contributed by atoms with E-state index in [1.54, 1.807) is 36.4 Å². The van der Waals surface area contributed by atoms with Crippen LogP contribution in [0.15, 0.2) is 54.6 Å². The molecule has 2 aromatic rings. The van der Waals surface area contributed by atoms with E-state index in [1.165, 1.54) is 6.42 Å². The van der Waals surface area contributed by atoms with Crippen LogP contribution >= 0.6 is 0 Å². The standard InChI is InChI=1S/C23H28N4O3/c28-21(17-7-3-1-4-8-17)24-15-16-25-22(29)18-11-13-20(14-12-18)27-23(30)26-19-9-5-2-6-10-19/h2,5-6,9-14,17H,1,3-4,7-8,15-16H2,(H,24,28)(H,25,29)(H2,26,27,30). The normalized spacial score (nSPS) is 13.9. The summed E-state index contributed by atoms with van der Waals surface area (Å²) >= 11 is 0. The Morgan fingerprint density at radius 3 is 2.00 bits per heavy atom. The van der Waals surface area contributed by atoms with Crippen molar-refractivity contribution >= 4 is 29.2 Å². The Hall–Kier alpha value is -3.35. The van der Waals surface area contributed by atoms with Crippen LogP contribution < -0.4 is 21.3 Å². The molecule has 0 atom stereocenters. The molecule has 158 valence electrons. The summed E-state index contributed by atoms with van der Waals surface area (Å²) < 4.78 is 0. The lowest BCUT2D eigenvalue weighted by atomic mass is 9.89. The Balaban J connectivity index is 1.38. The van der Waals surface area contributed by atoms with Crippen molar-refractivity contribution in [3.05, 3.63) is 60.2 Å². The summed E-state index contributed by atoms with van der Waals surface area (Å²) in [7, 11) is 0. The first-order valence-electron chi connectivity index (χ1n) is 10.4. The summed E-state index contributed by atoms with van der Waals surface area (Å²) in [6, 6.07) is 15.4. The van der Waals surface area contributed by atoms with Crippen molar-refractivity contribution in [2.24, 2.45) is 5.92 Å². The topological polar surface area (TPSA) is 99.3 Å². The average Bonchev–Trinajstić information content (AvgIpc) is 2.78. The predicted molar refractivity (Wildman–Crippen MR) is 117 cm³/mol. The molecule has 4 amide bonds. The smallest absolute Gasteiger partial charge is 0.323 e. The summed E-state index contributed by atoms with van der Waals surface area (Å²) in [5.74, 6) is -0.0102. The third kappa shape index (κ3) is 6.62. The van der Waals surface area contributed by atoms with Gasteiger partial charge in [0.2, 0.25) is 5.91 Å². The van der Waals surface area contributed by atoms with Gasteiger partial charge in [-0.2, -0.15) is 0 Å². The summed E-state index contributed by atoms with van der Waals surface area (Å²) in [5, 5.41) is 11.2. The van der Waals surface area contributed by atoms with Crippen LogP contribution in [0.5, 0.6) is 0 Å². The van der Waals surface area contributed by atoms with E-state index < -0.39 is 0 Å². The number of amides is 4. The molecule has 0 spiro atoms. The van der Waals surface area contributed by atoms with E-state index in [0.29, 0.717) is 30.0 Å². The molecule has 0 aromatic heterocycles. The Bertz CT molecular complexity index is 847. The summed E-state index contributed by atoms with van der Waals surface area (Å²) in [4.78, 5) is 36.3. The number of rotatable bonds is 7. The van der Waals surface area contributed by atoms with Gasteiger partial charge in [0.1, 0.15) is 0 Å². The second-order valence-corrected chi connectivity index (χ2v) is 7.40. The van der Waals surface area contributed by atoms with Crippen molar-refractivity contribution in [3.8, 4) is 0 Å². The number of carbonyl (C=O) groups is 3. The van der Waals surface area contributed by atoms with E-state index in [-0.39, 0.29) is 23.8 Å². The van der Waals surface area contributed by atoms with Crippen LogP contribution in [0, 0.1) is 5.92 Å². The van der Waals surface area contributed by atoms with Gasteiger partial charge in [0.25, 0.3) is 5.91 Å². The first-order chi connectivity index (χ1) is 14.6. The quantitative estimate of drug-likeness (QED) is 0.525. The first kappa shape index (κ1) is 21.4. The fourth-order valence-corrected chi connectivity index (χ4v) is 3.49. The van der Waals surface area contributed by atoms with Gasteiger partial charge >= 0.3 is 6.03 Å². The zero-order chi connectivity index (χ0) is 21.2. The van der Waals surface area contributed by atoms with Crippen LogP contribution in [0.2, 0.25) is 0 Å². The Kier molecular flexibility index (Phi) is 7.83. The molecule has 7 heteroatoms. The van der Waals surface area contributed by atoms with Crippen molar-refractivity contribution in [2.75, 3.05) is 23.7 Å². The van der Waals surface area contributed by atoms with Gasteiger partial charge in [-0.1, -0.05) is 37.5 Å². The molecular formula is C23H28N4O3.